The van der Waals surface area contributed by atoms with Crippen molar-refractivity contribution in [1.29, 1.82) is 0 Å². The highest BCUT2D eigenvalue weighted by atomic mass is 32.2. The third-order valence-corrected chi connectivity index (χ3v) is 3.96. The third kappa shape index (κ3) is 2.30. The monoisotopic (exact) mass is 235 g/mol. The van der Waals surface area contributed by atoms with E-state index in [0.717, 1.165) is 12.0 Å². The first kappa shape index (κ1) is 11.7. The average molecular weight is 235 g/mol. The molecule has 0 saturated carbocycles. The molecule has 0 atom stereocenters. The zero-order valence-electron chi connectivity index (χ0n) is 9.75. The Kier molecular flexibility index (Phi) is 3.08. The molecule has 0 aromatic heterocycles. The van der Waals surface area contributed by atoms with Crippen LogP contribution in [0.15, 0.2) is 23.1 Å². The van der Waals surface area contributed by atoms with Gasteiger partial charge in [0, 0.05) is 10.5 Å². The molecule has 0 radical (unpaired) electrons. The van der Waals surface area contributed by atoms with Gasteiger partial charge in [0.1, 0.15) is 0 Å². The maximum absolute atomic E-state index is 12.0. The number of Topliss-reactive ketones (excluding diaryl/α,β-unsaturated/α-hetero) is 1. The molecule has 1 aromatic rings. The van der Waals surface area contributed by atoms with E-state index in [-0.39, 0.29) is 5.78 Å². The molecule has 1 aliphatic heterocycles. The van der Waals surface area contributed by atoms with Crippen LogP contribution in [-0.4, -0.2) is 17.1 Å². The normalized spacial score (nSPS) is 15.7. The van der Waals surface area contributed by atoms with Crippen LogP contribution in [0.4, 0.5) is 0 Å². The lowest BCUT2D eigenvalue weighted by Crippen LogP contribution is -2.41. The van der Waals surface area contributed by atoms with E-state index in [1.54, 1.807) is 13.8 Å². The minimum absolute atomic E-state index is 0.0193. The molecule has 0 aliphatic carbocycles. The number of rotatable bonds is 2. The largest absolute Gasteiger partial charge is 0.319 e. The van der Waals surface area contributed by atoms with Gasteiger partial charge in [0.2, 0.25) is 0 Å². The van der Waals surface area contributed by atoms with Gasteiger partial charge in [-0.1, -0.05) is 6.07 Å². The second-order valence-corrected chi connectivity index (χ2v) is 5.96. The van der Waals surface area contributed by atoms with Crippen molar-refractivity contribution < 1.29 is 4.79 Å². The average Bonchev–Trinajstić information content (AvgIpc) is 2.26. The fraction of sp³-hybridized carbons (Fsp3) is 0.462. The number of nitrogens with two attached hydrogens (primary N) is 1. The molecule has 1 aliphatic rings. The summed E-state index contributed by atoms with van der Waals surface area (Å²) in [7, 11) is 0. The first-order valence-corrected chi connectivity index (χ1v) is 6.56. The van der Waals surface area contributed by atoms with Crippen LogP contribution < -0.4 is 5.73 Å². The summed E-state index contributed by atoms with van der Waals surface area (Å²) in [6.07, 6.45) is 2.27. The van der Waals surface area contributed by atoms with Gasteiger partial charge in [-0.15, -0.1) is 11.8 Å². The molecule has 86 valence electrons. The van der Waals surface area contributed by atoms with Crippen LogP contribution in [0.3, 0.4) is 0 Å². The van der Waals surface area contributed by atoms with Crippen molar-refractivity contribution in [2.24, 2.45) is 5.73 Å². The lowest BCUT2D eigenvalue weighted by atomic mass is 9.93. The number of hydrogen-bond acceptors (Lipinski definition) is 3. The summed E-state index contributed by atoms with van der Waals surface area (Å²) < 4.78 is 0. The molecule has 2 nitrogen and oxygen atoms in total. The molecule has 1 heterocycles. The highest BCUT2D eigenvalue weighted by Gasteiger charge is 2.24. The van der Waals surface area contributed by atoms with Gasteiger partial charge < -0.3 is 5.73 Å². The van der Waals surface area contributed by atoms with E-state index in [0.29, 0.717) is 0 Å². The maximum Gasteiger partial charge on any atom is 0.182 e. The molecule has 0 unspecified atom stereocenters. The Morgan fingerprint density at radius 3 is 2.88 bits per heavy atom. The van der Waals surface area contributed by atoms with Crippen LogP contribution in [0.25, 0.3) is 0 Å². The quantitative estimate of drug-likeness (QED) is 0.801. The molecule has 1 aromatic carbocycles. The second kappa shape index (κ2) is 4.22. The fourth-order valence-corrected chi connectivity index (χ4v) is 2.89. The molecule has 3 heteroatoms. The van der Waals surface area contributed by atoms with Crippen molar-refractivity contribution in [1.82, 2.24) is 0 Å². The second-order valence-electron chi connectivity index (χ2n) is 4.83. The van der Waals surface area contributed by atoms with E-state index >= 15 is 0 Å². The topological polar surface area (TPSA) is 43.1 Å². The number of aryl methyl sites for hydroxylation is 1. The lowest BCUT2D eigenvalue weighted by molar-refractivity contribution is 0.0913. The Labute approximate surface area is 101 Å². The summed E-state index contributed by atoms with van der Waals surface area (Å²) in [5.41, 5.74) is 7.09. The van der Waals surface area contributed by atoms with Crippen molar-refractivity contribution in [2.75, 3.05) is 5.75 Å². The van der Waals surface area contributed by atoms with E-state index in [1.807, 2.05) is 23.9 Å². The zero-order valence-corrected chi connectivity index (χ0v) is 10.6. The maximum atomic E-state index is 12.0. The Morgan fingerprint density at radius 2 is 2.19 bits per heavy atom. The number of ketones is 1. The fourth-order valence-electron chi connectivity index (χ4n) is 1.87. The minimum atomic E-state index is -0.782. The van der Waals surface area contributed by atoms with Crippen molar-refractivity contribution in [2.45, 2.75) is 37.1 Å². The number of benzene rings is 1. The molecule has 16 heavy (non-hydrogen) atoms. The van der Waals surface area contributed by atoms with Crippen molar-refractivity contribution >= 4 is 17.5 Å². The van der Waals surface area contributed by atoms with Gasteiger partial charge in [0.15, 0.2) is 5.78 Å². The number of fused-ring (bicyclic) bond motifs is 1. The molecule has 2 rings (SSSR count). The number of thioether (sulfide) groups is 1. The van der Waals surface area contributed by atoms with Gasteiger partial charge in [0.25, 0.3) is 0 Å². The highest BCUT2D eigenvalue weighted by Crippen LogP contribution is 2.31. The molecule has 0 saturated heterocycles. The van der Waals surface area contributed by atoms with Gasteiger partial charge >= 0.3 is 0 Å². The van der Waals surface area contributed by atoms with Gasteiger partial charge in [-0.05, 0) is 50.1 Å². The van der Waals surface area contributed by atoms with Gasteiger partial charge in [-0.25, -0.2) is 0 Å². The molecule has 0 amide bonds. The summed E-state index contributed by atoms with van der Waals surface area (Å²) in [6, 6.07) is 5.96. The summed E-state index contributed by atoms with van der Waals surface area (Å²) in [6.45, 7) is 3.51. The summed E-state index contributed by atoms with van der Waals surface area (Å²) in [5.74, 6) is 1.20. The van der Waals surface area contributed by atoms with E-state index in [4.69, 9.17) is 5.73 Å². The van der Waals surface area contributed by atoms with Crippen LogP contribution in [0.5, 0.6) is 0 Å². The van der Waals surface area contributed by atoms with Crippen molar-refractivity contribution in [3.05, 3.63) is 29.3 Å². The van der Waals surface area contributed by atoms with Crippen LogP contribution >= 0.6 is 11.8 Å². The zero-order chi connectivity index (χ0) is 11.8. The first-order chi connectivity index (χ1) is 7.48. The molecule has 0 spiro atoms. The molecular formula is C13H17NOS. The van der Waals surface area contributed by atoms with E-state index in [1.165, 1.54) is 22.6 Å². The molecular weight excluding hydrogens is 218 g/mol. The predicted molar refractivity (Wildman–Crippen MR) is 68.1 cm³/mol. The van der Waals surface area contributed by atoms with Crippen LogP contribution in [0.2, 0.25) is 0 Å². The third-order valence-electron chi connectivity index (χ3n) is 2.76. The van der Waals surface area contributed by atoms with Crippen molar-refractivity contribution in [3.8, 4) is 0 Å². The van der Waals surface area contributed by atoms with Crippen LogP contribution in [0.1, 0.15) is 36.2 Å². The summed E-state index contributed by atoms with van der Waals surface area (Å²) >= 11 is 1.87. The number of hydrogen-bond donors (Lipinski definition) is 1. The van der Waals surface area contributed by atoms with Gasteiger partial charge in [-0.3, -0.25) is 4.79 Å². The Morgan fingerprint density at radius 1 is 1.44 bits per heavy atom. The Bertz CT molecular complexity index is 420. The minimum Gasteiger partial charge on any atom is -0.319 e. The predicted octanol–water partition coefficient (Wildman–Crippen LogP) is 2.64. The molecule has 0 fully saturated rings. The van der Waals surface area contributed by atoms with Gasteiger partial charge in [-0.2, -0.15) is 0 Å². The lowest BCUT2D eigenvalue weighted by Gasteiger charge is -2.20. The van der Waals surface area contributed by atoms with E-state index < -0.39 is 5.54 Å². The number of carbonyl (C=O) groups excluding carboxylic acids is 1. The van der Waals surface area contributed by atoms with E-state index in [2.05, 4.69) is 6.07 Å². The van der Waals surface area contributed by atoms with E-state index in [9.17, 15) is 4.79 Å². The Hall–Kier alpha value is -0.800. The van der Waals surface area contributed by atoms with Crippen molar-refractivity contribution in [3.63, 3.8) is 0 Å². The standard InChI is InChI=1S/C13H17NOS/c1-13(2,14)12(15)10-5-6-11-9(8-10)4-3-7-16-11/h5-6,8H,3-4,7,14H2,1-2H3. The Balaban J connectivity index is 2.34. The first-order valence-electron chi connectivity index (χ1n) is 5.58. The smallest absolute Gasteiger partial charge is 0.182 e. The summed E-state index contributed by atoms with van der Waals surface area (Å²) in [5, 5.41) is 0. The SMILES string of the molecule is CC(C)(N)C(=O)c1ccc2c(c1)CCCS2. The molecule has 2 N–H and O–H groups in total. The summed E-state index contributed by atoms with van der Waals surface area (Å²) in [4.78, 5) is 13.3. The van der Waals surface area contributed by atoms with Gasteiger partial charge in [0.05, 0.1) is 5.54 Å². The number of carbonyl (C=O) groups is 1. The molecule has 0 bridgehead atoms. The van der Waals surface area contributed by atoms with Crippen LogP contribution in [0, 0.1) is 0 Å². The highest BCUT2D eigenvalue weighted by molar-refractivity contribution is 7.99. The van der Waals surface area contributed by atoms with Crippen LogP contribution in [-0.2, 0) is 6.42 Å².